The molecule has 0 heterocycles. The van der Waals surface area contributed by atoms with Crippen LogP contribution in [0.3, 0.4) is 0 Å². The van der Waals surface area contributed by atoms with Crippen LogP contribution in [0, 0.1) is 0 Å². The van der Waals surface area contributed by atoms with Gasteiger partial charge in [-0.2, -0.15) is 0 Å². The van der Waals surface area contributed by atoms with Gasteiger partial charge in [0, 0.05) is 0 Å². The first kappa shape index (κ1) is 12.9. The van der Waals surface area contributed by atoms with E-state index in [0.717, 1.165) is 34.9 Å². The number of ether oxygens (including phenoxy) is 1. The zero-order valence-electron chi connectivity index (χ0n) is 11.2. The van der Waals surface area contributed by atoms with Gasteiger partial charge in [-0.1, -0.05) is 31.5 Å². The van der Waals surface area contributed by atoms with Gasteiger partial charge >= 0.3 is 0 Å². The van der Waals surface area contributed by atoms with Crippen molar-refractivity contribution in [3.8, 4) is 5.75 Å². The summed E-state index contributed by atoms with van der Waals surface area (Å²) < 4.78 is 5.21. The summed E-state index contributed by atoms with van der Waals surface area (Å²) in [5, 5.41) is 12.7. The molecule has 2 rings (SSSR count). The van der Waals surface area contributed by atoms with Crippen molar-refractivity contribution < 1.29 is 9.84 Å². The van der Waals surface area contributed by atoms with Crippen LogP contribution in [-0.2, 0) is 5.60 Å². The van der Waals surface area contributed by atoms with E-state index in [0.29, 0.717) is 0 Å². The van der Waals surface area contributed by atoms with Crippen LogP contribution in [0.4, 0.5) is 0 Å². The fraction of sp³-hybridized carbons (Fsp3) is 0.375. The van der Waals surface area contributed by atoms with E-state index < -0.39 is 5.60 Å². The summed E-state index contributed by atoms with van der Waals surface area (Å²) in [6.07, 6.45) is 1.74. The molecule has 0 saturated carbocycles. The lowest BCUT2D eigenvalue weighted by molar-refractivity contribution is 0.0471. The van der Waals surface area contributed by atoms with Gasteiger partial charge in [0.1, 0.15) is 5.75 Å². The predicted molar refractivity (Wildman–Crippen MR) is 75.0 cm³/mol. The molecule has 0 unspecified atom stereocenters. The Hall–Kier alpha value is -1.54. The van der Waals surface area contributed by atoms with Crippen molar-refractivity contribution >= 4 is 10.8 Å². The van der Waals surface area contributed by atoms with Crippen LogP contribution in [0.15, 0.2) is 36.4 Å². The molecule has 18 heavy (non-hydrogen) atoms. The van der Waals surface area contributed by atoms with Crippen molar-refractivity contribution in [2.24, 2.45) is 0 Å². The molecule has 1 atom stereocenters. The summed E-state index contributed by atoms with van der Waals surface area (Å²) in [5.74, 6) is 0.857. The summed E-state index contributed by atoms with van der Waals surface area (Å²) in [6.45, 7) is 3.96. The number of benzene rings is 2. The maximum atomic E-state index is 10.4. The lowest BCUT2D eigenvalue weighted by Crippen LogP contribution is -2.20. The molecule has 0 aliphatic carbocycles. The fourth-order valence-electron chi connectivity index (χ4n) is 2.32. The average molecular weight is 244 g/mol. The minimum atomic E-state index is -0.747. The van der Waals surface area contributed by atoms with Crippen molar-refractivity contribution in [3.05, 3.63) is 42.0 Å². The van der Waals surface area contributed by atoms with Crippen molar-refractivity contribution in [1.82, 2.24) is 0 Å². The third-order valence-corrected chi connectivity index (χ3v) is 3.41. The number of aliphatic hydroxyl groups is 1. The Morgan fingerprint density at radius 1 is 1.11 bits per heavy atom. The van der Waals surface area contributed by atoms with Crippen molar-refractivity contribution in [2.75, 3.05) is 7.11 Å². The molecule has 0 bridgehead atoms. The number of methoxy groups -OCH3 is 1. The number of fused-ring (bicyclic) bond motifs is 1. The van der Waals surface area contributed by atoms with E-state index in [-0.39, 0.29) is 0 Å². The highest BCUT2D eigenvalue weighted by atomic mass is 16.5. The predicted octanol–water partition coefficient (Wildman–Crippen LogP) is 3.86. The lowest BCUT2D eigenvalue weighted by atomic mass is 9.90. The summed E-state index contributed by atoms with van der Waals surface area (Å²) in [4.78, 5) is 0. The SMILES string of the molecule is CCC[C@](C)(O)c1ccc2cc(OC)ccc2c1. The average Bonchev–Trinajstić information content (AvgIpc) is 2.37. The molecule has 2 aromatic rings. The molecular weight excluding hydrogens is 224 g/mol. The van der Waals surface area contributed by atoms with Crippen LogP contribution in [0.5, 0.6) is 5.75 Å². The number of rotatable bonds is 4. The zero-order chi connectivity index (χ0) is 13.2. The molecule has 0 saturated heterocycles. The number of hydrogen-bond acceptors (Lipinski definition) is 2. The first-order valence-electron chi connectivity index (χ1n) is 6.37. The summed E-state index contributed by atoms with van der Waals surface area (Å²) in [7, 11) is 1.67. The highest BCUT2D eigenvalue weighted by Gasteiger charge is 2.21. The molecule has 2 nitrogen and oxygen atoms in total. The van der Waals surface area contributed by atoms with Crippen LogP contribution in [0.2, 0.25) is 0 Å². The largest absolute Gasteiger partial charge is 0.497 e. The number of hydrogen-bond donors (Lipinski definition) is 1. The quantitative estimate of drug-likeness (QED) is 0.885. The second kappa shape index (κ2) is 4.99. The Morgan fingerprint density at radius 2 is 1.78 bits per heavy atom. The smallest absolute Gasteiger partial charge is 0.119 e. The van der Waals surface area contributed by atoms with Gasteiger partial charge in [-0.15, -0.1) is 0 Å². The first-order valence-corrected chi connectivity index (χ1v) is 6.37. The third kappa shape index (κ3) is 2.49. The molecule has 1 N–H and O–H groups in total. The highest BCUT2D eigenvalue weighted by molar-refractivity contribution is 5.84. The second-order valence-corrected chi connectivity index (χ2v) is 4.95. The third-order valence-electron chi connectivity index (χ3n) is 3.41. The van der Waals surface area contributed by atoms with Gasteiger partial charge in [0.15, 0.2) is 0 Å². The summed E-state index contributed by atoms with van der Waals surface area (Å²) >= 11 is 0. The summed E-state index contributed by atoms with van der Waals surface area (Å²) in [5.41, 5.74) is 0.227. The van der Waals surface area contributed by atoms with Gasteiger partial charge < -0.3 is 9.84 Å². The van der Waals surface area contributed by atoms with E-state index >= 15 is 0 Å². The Kier molecular flexibility index (Phi) is 3.58. The molecule has 2 aromatic carbocycles. The Labute approximate surface area is 108 Å². The van der Waals surface area contributed by atoms with Gasteiger partial charge in [-0.25, -0.2) is 0 Å². The van der Waals surface area contributed by atoms with Gasteiger partial charge in [-0.3, -0.25) is 0 Å². The Balaban J connectivity index is 2.45. The van der Waals surface area contributed by atoms with E-state index in [9.17, 15) is 5.11 Å². The highest BCUT2D eigenvalue weighted by Crippen LogP contribution is 2.29. The van der Waals surface area contributed by atoms with E-state index in [4.69, 9.17) is 4.74 Å². The van der Waals surface area contributed by atoms with Crippen molar-refractivity contribution in [2.45, 2.75) is 32.3 Å². The molecular formula is C16H20O2. The van der Waals surface area contributed by atoms with Crippen LogP contribution < -0.4 is 4.74 Å². The monoisotopic (exact) mass is 244 g/mol. The van der Waals surface area contributed by atoms with E-state index in [2.05, 4.69) is 13.0 Å². The Bertz CT molecular complexity index is 544. The zero-order valence-corrected chi connectivity index (χ0v) is 11.2. The minimum Gasteiger partial charge on any atom is -0.497 e. The van der Waals surface area contributed by atoms with Crippen LogP contribution in [0.1, 0.15) is 32.3 Å². The molecule has 0 aliphatic rings. The summed E-state index contributed by atoms with van der Waals surface area (Å²) in [6, 6.07) is 12.1. The fourth-order valence-corrected chi connectivity index (χ4v) is 2.32. The molecule has 96 valence electrons. The van der Waals surface area contributed by atoms with Gasteiger partial charge in [0.05, 0.1) is 12.7 Å². The molecule has 0 spiro atoms. The van der Waals surface area contributed by atoms with Crippen LogP contribution in [-0.4, -0.2) is 12.2 Å². The van der Waals surface area contributed by atoms with Crippen LogP contribution >= 0.6 is 0 Å². The topological polar surface area (TPSA) is 29.5 Å². The van der Waals surface area contributed by atoms with E-state index in [1.165, 1.54) is 0 Å². The van der Waals surface area contributed by atoms with Crippen molar-refractivity contribution in [3.63, 3.8) is 0 Å². The standard InChI is InChI=1S/C16H20O2/c1-4-9-16(2,17)14-7-5-13-11-15(18-3)8-6-12(13)10-14/h5-8,10-11,17H,4,9H2,1-3H3/t16-/m0/s1. The maximum Gasteiger partial charge on any atom is 0.119 e. The minimum absolute atomic E-state index is 0.747. The van der Waals surface area contributed by atoms with Gasteiger partial charge in [0.25, 0.3) is 0 Å². The van der Waals surface area contributed by atoms with Crippen molar-refractivity contribution in [1.29, 1.82) is 0 Å². The van der Waals surface area contributed by atoms with E-state index in [1.807, 2.05) is 37.3 Å². The molecule has 0 radical (unpaired) electrons. The molecule has 0 aliphatic heterocycles. The molecule has 0 fully saturated rings. The molecule has 0 aromatic heterocycles. The maximum absolute atomic E-state index is 10.4. The van der Waals surface area contributed by atoms with Crippen LogP contribution in [0.25, 0.3) is 10.8 Å². The molecule has 2 heteroatoms. The first-order chi connectivity index (χ1) is 8.56. The normalized spacial score (nSPS) is 14.4. The molecule has 0 amide bonds. The Morgan fingerprint density at radius 3 is 2.44 bits per heavy atom. The van der Waals surface area contributed by atoms with Gasteiger partial charge in [0.2, 0.25) is 0 Å². The van der Waals surface area contributed by atoms with E-state index in [1.54, 1.807) is 7.11 Å². The second-order valence-electron chi connectivity index (χ2n) is 4.95. The lowest BCUT2D eigenvalue weighted by Gasteiger charge is -2.23. The van der Waals surface area contributed by atoms with Gasteiger partial charge in [-0.05, 0) is 47.9 Å².